The van der Waals surface area contributed by atoms with Crippen LogP contribution in [-0.4, -0.2) is 55.3 Å². The summed E-state index contributed by atoms with van der Waals surface area (Å²) in [5, 5.41) is 12.2. The SMILES string of the molecule is CSc1nc(NC(=O)[C@@H](N)[C@@H](C)O)c2[nH]c(C(N)=O)nc2n1. The van der Waals surface area contributed by atoms with Gasteiger partial charge in [-0.25, -0.2) is 15.0 Å². The Bertz CT molecular complexity index is 730. The van der Waals surface area contributed by atoms with Gasteiger partial charge in [0.25, 0.3) is 5.91 Å². The van der Waals surface area contributed by atoms with Gasteiger partial charge in [-0.1, -0.05) is 11.8 Å². The van der Waals surface area contributed by atoms with E-state index in [1.165, 1.54) is 18.7 Å². The van der Waals surface area contributed by atoms with Gasteiger partial charge in [-0.2, -0.15) is 0 Å². The molecule has 0 saturated heterocycles. The standard InChI is InChI=1S/C11H15N7O3S/c1-3(19)4(12)10(21)16-8-5-7(17-11(18-8)22-2)15-9(14-5)6(13)20/h3-4,19H,12H2,1-2H3,(H2,13,20)(H2,14,15,16,17,18,21)/t3-,4+/m1/s1. The highest BCUT2D eigenvalue weighted by Crippen LogP contribution is 2.22. The molecule has 0 aromatic carbocycles. The molecule has 2 heterocycles. The molecule has 0 aliphatic carbocycles. The lowest BCUT2D eigenvalue weighted by Crippen LogP contribution is -2.43. The first-order valence-corrected chi connectivity index (χ1v) is 7.42. The van der Waals surface area contributed by atoms with Gasteiger partial charge in [0, 0.05) is 0 Å². The predicted molar refractivity (Wildman–Crippen MR) is 80.3 cm³/mol. The molecule has 2 amide bonds. The van der Waals surface area contributed by atoms with Crippen LogP contribution in [-0.2, 0) is 4.79 Å². The molecule has 2 aromatic heterocycles. The maximum atomic E-state index is 11.9. The summed E-state index contributed by atoms with van der Waals surface area (Å²) in [6, 6.07) is -1.12. The molecule has 10 nitrogen and oxygen atoms in total. The number of thioether (sulfide) groups is 1. The van der Waals surface area contributed by atoms with Gasteiger partial charge in [0.2, 0.25) is 5.91 Å². The predicted octanol–water partition coefficient (Wildman–Crippen LogP) is -1.18. The van der Waals surface area contributed by atoms with Gasteiger partial charge in [-0.15, -0.1) is 0 Å². The van der Waals surface area contributed by atoms with Crippen LogP contribution in [0, 0.1) is 0 Å². The summed E-state index contributed by atoms with van der Waals surface area (Å²) in [5.74, 6) is -1.38. The van der Waals surface area contributed by atoms with E-state index < -0.39 is 24.0 Å². The lowest BCUT2D eigenvalue weighted by Gasteiger charge is -2.14. The second-order valence-corrected chi connectivity index (χ2v) is 5.24. The minimum Gasteiger partial charge on any atom is -0.391 e. The monoisotopic (exact) mass is 325 g/mol. The summed E-state index contributed by atoms with van der Waals surface area (Å²) in [5.41, 5.74) is 11.2. The molecule has 7 N–H and O–H groups in total. The number of nitrogens with two attached hydrogens (primary N) is 2. The molecule has 0 bridgehead atoms. The molecular formula is C11H15N7O3S. The van der Waals surface area contributed by atoms with E-state index in [1.54, 1.807) is 6.26 Å². The second-order valence-electron chi connectivity index (χ2n) is 4.46. The number of hydrogen-bond acceptors (Lipinski definition) is 8. The number of aliphatic hydroxyl groups excluding tert-OH is 1. The number of nitrogens with one attached hydrogen (secondary N) is 2. The number of nitrogens with zero attached hydrogens (tertiary/aromatic N) is 3. The number of aromatic nitrogens is 4. The molecule has 0 fully saturated rings. The fraction of sp³-hybridized carbons (Fsp3) is 0.364. The number of primary amides is 1. The molecule has 0 unspecified atom stereocenters. The van der Waals surface area contributed by atoms with Gasteiger partial charge < -0.3 is 26.9 Å². The Morgan fingerprint density at radius 1 is 1.36 bits per heavy atom. The Morgan fingerprint density at radius 2 is 2.05 bits per heavy atom. The molecule has 0 aliphatic heterocycles. The van der Waals surface area contributed by atoms with Crippen molar-refractivity contribution in [2.75, 3.05) is 11.6 Å². The van der Waals surface area contributed by atoms with Crippen LogP contribution in [0.15, 0.2) is 5.16 Å². The van der Waals surface area contributed by atoms with Gasteiger partial charge in [0.05, 0.1) is 6.10 Å². The number of fused-ring (bicyclic) bond motifs is 1. The zero-order chi connectivity index (χ0) is 16.4. The number of rotatable bonds is 5. The lowest BCUT2D eigenvalue weighted by atomic mass is 10.2. The lowest BCUT2D eigenvalue weighted by molar-refractivity contribution is -0.119. The van der Waals surface area contributed by atoms with Crippen molar-refractivity contribution >= 4 is 40.6 Å². The zero-order valence-electron chi connectivity index (χ0n) is 11.8. The molecule has 2 rings (SSSR count). The quantitative estimate of drug-likeness (QED) is 0.337. The first kappa shape index (κ1) is 16.1. The molecule has 2 aromatic rings. The van der Waals surface area contributed by atoms with Gasteiger partial charge in [0.15, 0.2) is 22.4 Å². The van der Waals surface area contributed by atoms with E-state index in [2.05, 4.69) is 25.3 Å². The highest BCUT2D eigenvalue weighted by Gasteiger charge is 2.22. The van der Waals surface area contributed by atoms with Gasteiger partial charge in [-0.3, -0.25) is 9.59 Å². The van der Waals surface area contributed by atoms with Crippen LogP contribution in [0.1, 0.15) is 17.5 Å². The number of imidazole rings is 1. The van der Waals surface area contributed by atoms with E-state index in [4.69, 9.17) is 11.5 Å². The third-order valence-corrected chi connectivity index (χ3v) is 3.36. The van der Waals surface area contributed by atoms with E-state index in [0.717, 1.165) is 0 Å². The third-order valence-electron chi connectivity index (χ3n) is 2.81. The topological polar surface area (TPSA) is 173 Å². The summed E-state index contributed by atoms with van der Waals surface area (Å²) < 4.78 is 0. The van der Waals surface area contributed by atoms with Crippen molar-refractivity contribution in [1.29, 1.82) is 0 Å². The summed E-state index contributed by atoms with van der Waals surface area (Å²) in [7, 11) is 0. The zero-order valence-corrected chi connectivity index (χ0v) is 12.6. The third kappa shape index (κ3) is 3.16. The summed E-state index contributed by atoms with van der Waals surface area (Å²) >= 11 is 1.23. The van der Waals surface area contributed by atoms with Crippen LogP contribution >= 0.6 is 11.8 Å². The summed E-state index contributed by atoms with van der Waals surface area (Å²) in [6.45, 7) is 1.40. The van der Waals surface area contributed by atoms with E-state index in [0.29, 0.717) is 5.16 Å². The largest absolute Gasteiger partial charge is 0.391 e. The highest BCUT2D eigenvalue weighted by molar-refractivity contribution is 7.98. The van der Waals surface area contributed by atoms with Gasteiger partial charge in [0.1, 0.15) is 11.6 Å². The molecule has 0 spiro atoms. The number of H-pyrrole nitrogens is 1. The molecule has 0 saturated carbocycles. The number of aromatic amines is 1. The van der Waals surface area contributed by atoms with Crippen LogP contribution in [0.3, 0.4) is 0 Å². The Kier molecular flexibility index (Phi) is 4.59. The number of carbonyl (C=O) groups is 2. The highest BCUT2D eigenvalue weighted by atomic mass is 32.2. The normalized spacial score (nSPS) is 13.8. The van der Waals surface area contributed by atoms with Crippen LogP contribution in [0.25, 0.3) is 11.2 Å². The molecule has 22 heavy (non-hydrogen) atoms. The maximum Gasteiger partial charge on any atom is 0.284 e. The molecule has 118 valence electrons. The number of anilines is 1. The first-order chi connectivity index (χ1) is 10.3. The Hall–Kier alpha value is -2.24. The maximum absolute atomic E-state index is 11.9. The van der Waals surface area contributed by atoms with Crippen LogP contribution < -0.4 is 16.8 Å². The van der Waals surface area contributed by atoms with Gasteiger partial charge in [-0.05, 0) is 13.2 Å². The summed E-state index contributed by atoms with van der Waals surface area (Å²) in [6.07, 6.45) is 0.718. The number of hydrogen-bond donors (Lipinski definition) is 5. The first-order valence-electron chi connectivity index (χ1n) is 6.19. The number of amides is 2. The average molecular weight is 325 g/mol. The van der Waals surface area contributed by atoms with E-state index in [1.807, 2.05) is 0 Å². The van der Waals surface area contributed by atoms with Crippen LogP contribution in [0.2, 0.25) is 0 Å². The Morgan fingerprint density at radius 3 is 2.59 bits per heavy atom. The van der Waals surface area contributed by atoms with Crippen molar-refractivity contribution in [3.8, 4) is 0 Å². The Balaban J connectivity index is 2.46. The van der Waals surface area contributed by atoms with Gasteiger partial charge >= 0.3 is 0 Å². The van der Waals surface area contributed by atoms with Crippen molar-refractivity contribution < 1.29 is 14.7 Å². The smallest absolute Gasteiger partial charge is 0.284 e. The van der Waals surface area contributed by atoms with E-state index >= 15 is 0 Å². The molecule has 11 heteroatoms. The van der Waals surface area contributed by atoms with E-state index in [-0.39, 0.29) is 22.8 Å². The van der Waals surface area contributed by atoms with Crippen LogP contribution in [0.5, 0.6) is 0 Å². The molecule has 2 atom stereocenters. The van der Waals surface area contributed by atoms with Crippen molar-refractivity contribution in [2.45, 2.75) is 24.2 Å². The van der Waals surface area contributed by atoms with Crippen molar-refractivity contribution in [1.82, 2.24) is 19.9 Å². The minimum absolute atomic E-state index is 0.0992. The number of aliphatic hydroxyl groups is 1. The van der Waals surface area contributed by atoms with Crippen molar-refractivity contribution in [2.24, 2.45) is 11.5 Å². The fourth-order valence-corrected chi connectivity index (χ4v) is 1.96. The average Bonchev–Trinajstić information content (AvgIpc) is 2.90. The summed E-state index contributed by atoms with van der Waals surface area (Å²) in [4.78, 5) is 38.0. The molecule has 0 radical (unpaired) electrons. The minimum atomic E-state index is -1.12. The fourth-order valence-electron chi connectivity index (χ4n) is 1.59. The number of carbonyl (C=O) groups excluding carboxylic acids is 2. The van der Waals surface area contributed by atoms with Crippen LogP contribution in [0.4, 0.5) is 5.82 Å². The van der Waals surface area contributed by atoms with E-state index in [9.17, 15) is 14.7 Å². The van der Waals surface area contributed by atoms with Crippen molar-refractivity contribution in [3.05, 3.63) is 5.82 Å². The Labute approximate surface area is 129 Å². The molecular weight excluding hydrogens is 310 g/mol. The molecule has 0 aliphatic rings. The second kappa shape index (κ2) is 6.25. The van der Waals surface area contributed by atoms with Crippen molar-refractivity contribution in [3.63, 3.8) is 0 Å².